The zero-order chi connectivity index (χ0) is 13.6. The van der Waals surface area contributed by atoms with E-state index in [9.17, 15) is 18.3 Å². The van der Waals surface area contributed by atoms with E-state index in [4.69, 9.17) is 0 Å². The van der Waals surface area contributed by atoms with Gasteiger partial charge in [-0.2, -0.15) is 13.2 Å². The van der Waals surface area contributed by atoms with Gasteiger partial charge in [-0.1, -0.05) is 0 Å². The first kappa shape index (κ1) is 13.8. The van der Waals surface area contributed by atoms with E-state index in [1.165, 1.54) is 0 Å². The Kier molecular flexibility index (Phi) is 3.42. The van der Waals surface area contributed by atoms with Crippen LogP contribution in [0.15, 0.2) is 6.20 Å². The second-order valence-electron chi connectivity index (χ2n) is 5.16. The first-order valence-electron chi connectivity index (χ1n) is 5.63. The molecule has 3 nitrogen and oxygen atoms in total. The van der Waals surface area contributed by atoms with Crippen LogP contribution in [0.4, 0.5) is 13.2 Å². The molecule has 18 heavy (non-hydrogen) atoms. The van der Waals surface area contributed by atoms with Gasteiger partial charge in [-0.25, -0.2) is 4.98 Å². The highest BCUT2D eigenvalue weighted by Crippen LogP contribution is 2.34. The smallest absolute Gasteiger partial charge is 0.390 e. The van der Waals surface area contributed by atoms with Crippen LogP contribution >= 0.6 is 11.3 Å². The fourth-order valence-electron chi connectivity index (χ4n) is 1.85. The van der Waals surface area contributed by atoms with E-state index >= 15 is 0 Å². The maximum Gasteiger partial charge on any atom is 0.427 e. The Morgan fingerprint density at radius 1 is 1.44 bits per heavy atom. The zero-order valence-corrected chi connectivity index (χ0v) is 11.0. The van der Waals surface area contributed by atoms with Crippen LogP contribution in [-0.4, -0.2) is 33.7 Å². The number of hydrogen-bond donors (Lipinski definition) is 1. The van der Waals surface area contributed by atoms with Gasteiger partial charge in [-0.15, -0.1) is 11.3 Å². The third kappa shape index (κ3) is 3.02. The third-order valence-corrected chi connectivity index (χ3v) is 4.17. The van der Waals surface area contributed by atoms with Crippen molar-refractivity contribution < 1.29 is 18.3 Å². The lowest BCUT2D eigenvalue weighted by molar-refractivity contribution is -0.134. The van der Waals surface area contributed by atoms with Crippen molar-refractivity contribution in [3.63, 3.8) is 0 Å². The van der Waals surface area contributed by atoms with Crippen LogP contribution in [0.25, 0.3) is 0 Å². The molecule has 2 heterocycles. The molecule has 0 radical (unpaired) electrons. The fourth-order valence-corrected chi connectivity index (χ4v) is 2.68. The van der Waals surface area contributed by atoms with Crippen LogP contribution < -0.4 is 0 Å². The molecule has 0 aromatic carbocycles. The Bertz CT molecular complexity index is 419. The molecular formula is C11H15F3N2OS. The summed E-state index contributed by atoms with van der Waals surface area (Å²) in [6.45, 7) is 5.32. The summed E-state index contributed by atoms with van der Waals surface area (Å²) in [5.41, 5.74) is -0.726. The van der Waals surface area contributed by atoms with Gasteiger partial charge in [0.15, 0.2) is 0 Å². The monoisotopic (exact) mass is 280 g/mol. The highest BCUT2D eigenvalue weighted by molar-refractivity contribution is 7.11. The minimum Gasteiger partial charge on any atom is -0.390 e. The van der Waals surface area contributed by atoms with Crippen molar-refractivity contribution in [3.8, 4) is 0 Å². The molecule has 7 heteroatoms. The number of likely N-dealkylation sites (tertiary alicyclic amines) is 1. The SMILES string of the molecule is CC(C)(O)C1CN(Cc2ncc(C(F)(F)F)s2)C1. The number of halogens is 3. The zero-order valence-electron chi connectivity index (χ0n) is 10.2. The summed E-state index contributed by atoms with van der Waals surface area (Å²) >= 11 is 0.686. The average molecular weight is 280 g/mol. The van der Waals surface area contributed by atoms with Crippen LogP contribution in [0.1, 0.15) is 23.7 Å². The molecule has 1 aromatic heterocycles. The molecule has 0 amide bonds. The van der Waals surface area contributed by atoms with Crippen molar-refractivity contribution in [1.82, 2.24) is 9.88 Å². The van der Waals surface area contributed by atoms with Crippen molar-refractivity contribution in [2.75, 3.05) is 13.1 Å². The summed E-state index contributed by atoms with van der Waals surface area (Å²) in [6, 6.07) is 0. The van der Waals surface area contributed by atoms with Crippen LogP contribution in [-0.2, 0) is 12.7 Å². The Balaban J connectivity index is 1.88. The normalized spacial score (nSPS) is 19.0. The first-order valence-corrected chi connectivity index (χ1v) is 6.44. The van der Waals surface area contributed by atoms with Crippen molar-refractivity contribution in [2.24, 2.45) is 5.92 Å². The van der Waals surface area contributed by atoms with Gasteiger partial charge in [0.1, 0.15) is 9.88 Å². The molecule has 1 N–H and O–H groups in total. The summed E-state index contributed by atoms with van der Waals surface area (Å²) in [4.78, 5) is 5.12. The molecule has 1 aromatic rings. The van der Waals surface area contributed by atoms with Crippen molar-refractivity contribution >= 4 is 11.3 Å². The molecule has 0 unspecified atom stereocenters. The highest BCUT2D eigenvalue weighted by atomic mass is 32.1. The summed E-state index contributed by atoms with van der Waals surface area (Å²) in [6.07, 6.45) is -3.42. The molecule has 102 valence electrons. The molecule has 1 saturated heterocycles. The lowest BCUT2D eigenvalue weighted by atomic mass is 9.84. The Labute approximate surface area is 107 Å². The van der Waals surface area contributed by atoms with E-state index < -0.39 is 16.7 Å². The number of alkyl halides is 3. The Morgan fingerprint density at radius 2 is 2.06 bits per heavy atom. The van der Waals surface area contributed by atoms with Gasteiger partial charge in [0, 0.05) is 19.0 Å². The van der Waals surface area contributed by atoms with Crippen LogP contribution in [0, 0.1) is 5.92 Å². The number of thiazole rings is 1. The maximum atomic E-state index is 12.4. The van der Waals surface area contributed by atoms with E-state index in [0.717, 1.165) is 6.20 Å². The molecule has 0 atom stereocenters. The standard InChI is InChI=1S/C11H15F3N2OS/c1-10(2,17)7-4-16(5-7)6-9-15-3-8(18-9)11(12,13)14/h3,7,17H,4-6H2,1-2H3. The van der Waals surface area contributed by atoms with E-state index in [-0.39, 0.29) is 5.92 Å². The average Bonchev–Trinajstić information content (AvgIpc) is 2.55. The molecule has 0 aliphatic carbocycles. The summed E-state index contributed by atoms with van der Waals surface area (Å²) in [5.74, 6) is 0.180. The van der Waals surface area contributed by atoms with E-state index in [1.807, 2.05) is 4.90 Å². The highest BCUT2D eigenvalue weighted by Gasteiger charge is 2.38. The molecule has 1 fully saturated rings. The van der Waals surface area contributed by atoms with Gasteiger partial charge in [0.25, 0.3) is 0 Å². The molecule has 1 aliphatic heterocycles. The second-order valence-corrected chi connectivity index (χ2v) is 6.28. The number of aromatic nitrogens is 1. The van der Waals surface area contributed by atoms with Crippen molar-refractivity contribution in [3.05, 3.63) is 16.1 Å². The Morgan fingerprint density at radius 3 is 2.50 bits per heavy atom. The summed E-state index contributed by atoms with van der Waals surface area (Å²) in [5, 5.41) is 10.2. The van der Waals surface area contributed by atoms with Crippen LogP contribution in [0.5, 0.6) is 0 Å². The van der Waals surface area contributed by atoms with Crippen molar-refractivity contribution in [2.45, 2.75) is 32.2 Å². The van der Waals surface area contributed by atoms with Crippen LogP contribution in [0.3, 0.4) is 0 Å². The lowest BCUT2D eigenvalue weighted by Gasteiger charge is -2.44. The van der Waals surface area contributed by atoms with Gasteiger partial charge < -0.3 is 5.11 Å². The van der Waals surface area contributed by atoms with E-state index in [2.05, 4.69) is 4.98 Å². The van der Waals surface area contributed by atoms with Crippen molar-refractivity contribution in [1.29, 1.82) is 0 Å². The Hall–Kier alpha value is -0.660. The quantitative estimate of drug-likeness (QED) is 0.923. The second kappa shape index (κ2) is 4.47. The number of aliphatic hydroxyl groups is 1. The number of hydrogen-bond acceptors (Lipinski definition) is 4. The fraction of sp³-hybridized carbons (Fsp3) is 0.727. The van der Waals surface area contributed by atoms with Gasteiger partial charge in [0.05, 0.1) is 18.3 Å². The minimum absolute atomic E-state index is 0.180. The maximum absolute atomic E-state index is 12.4. The van der Waals surface area contributed by atoms with E-state index in [0.29, 0.717) is 36.0 Å². The minimum atomic E-state index is -4.31. The van der Waals surface area contributed by atoms with Gasteiger partial charge in [-0.3, -0.25) is 4.90 Å². The molecule has 2 rings (SSSR count). The lowest BCUT2D eigenvalue weighted by Crippen LogP contribution is -2.55. The first-order chi connectivity index (χ1) is 8.16. The predicted molar refractivity (Wildman–Crippen MR) is 62.2 cm³/mol. The topological polar surface area (TPSA) is 36.4 Å². The predicted octanol–water partition coefficient (Wildman–Crippen LogP) is 2.36. The molecule has 0 bridgehead atoms. The molecule has 0 saturated carbocycles. The van der Waals surface area contributed by atoms with Crippen LogP contribution in [0.2, 0.25) is 0 Å². The van der Waals surface area contributed by atoms with E-state index in [1.54, 1.807) is 13.8 Å². The molecular weight excluding hydrogens is 265 g/mol. The third-order valence-electron chi connectivity index (χ3n) is 3.15. The molecule has 1 aliphatic rings. The van der Waals surface area contributed by atoms with Gasteiger partial charge in [-0.05, 0) is 13.8 Å². The summed E-state index contributed by atoms with van der Waals surface area (Å²) in [7, 11) is 0. The number of nitrogens with zero attached hydrogens (tertiary/aromatic N) is 2. The van der Waals surface area contributed by atoms with Gasteiger partial charge >= 0.3 is 6.18 Å². The largest absolute Gasteiger partial charge is 0.427 e. The number of rotatable bonds is 3. The molecule has 0 spiro atoms. The summed E-state index contributed by atoms with van der Waals surface area (Å²) < 4.78 is 37.1. The van der Waals surface area contributed by atoms with Gasteiger partial charge in [0.2, 0.25) is 0 Å².